The smallest absolute Gasteiger partial charge is 0.0727 e. The van der Waals surface area contributed by atoms with E-state index >= 15 is 0 Å². The Kier molecular flexibility index (Phi) is 3.75. The van der Waals surface area contributed by atoms with Gasteiger partial charge in [0, 0.05) is 13.7 Å². The highest BCUT2D eigenvalue weighted by molar-refractivity contribution is 5.15. The molecule has 1 fully saturated rings. The molecule has 82 valence electrons. The summed E-state index contributed by atoms with van der Waals surface area (Å²) in [6, 6.07) is 10.7. The first-order valence-corrected chi connectivity index (χ1v) is 5.67. The van der Waals surface area contributed by atoms with Crippen LogP contribution in [0.5, 0.6) is 0 Å². The van der Waals surface area contributed by atoms with Crippen LogP contribution in [0.25, 0.3) is 0 Å². The summed E-state index contributed by atoms with van der Waals surface area (Å²) in [5.74, 6) is 0.665. The Labute approximate surface area is 91.6 Å². The molecule has 0 bridgehead atoms. The van der Waals surface area contributed by atoms with Crippen LogP contribution in [0, 0.1) is 5.92 Å². The lowest BCUT2D eigenvalue weighted by Crippen LogP contribution is -2.42. The van der Waals surface area contributed by atoms with Crippen molar-refractivity contribution in [2.75, 3.05) is 20.2 Å². The van der Waals surface area contributed by atoms with Crippen LogP contribution in [0.15, 0.2) is 30.3 Å². The van der Waals surface area contributed by atoms with Gasteiger partial charge in [-0.1, -0.05) is 30.3 Å². The largest absolute Gasteiger partial charge is 0.380 e. The van der Waals surface area contributed by atoms with Crippen molar-refractivity contribution in [2.45, 2.75) is 18.9 Å². The predicted octanol–water partition coefficient (Wildman–Crippen LogP) is 1.85. The van der Waals surface area contributed by atoms with Gasteiger partial charge in [-0.3, -0.25) is 0 Å². The van der Waals surface area contributed by atoms with E-state index in [4.69, 9.17) is 4.74 Å². The predicted molar refractivity (Wildman–Crippen MR) is 61.9 cm³/mol. The van der Waals surface area contributed by atoms with Crippen LogP contribution in [0.1, 0.15) is 12.0 Å². The summed E-state index contributed by atoms with van der Waals surface area (Å²) in [6.45, 7) is 2.12. The molecule has 1 saturated heterocycles. The maximum absolute atomic E-state index is 5.51. The monoisotopic (exact) mass is 205 g/mol. The van der Waals surface area contributed by atoms with Crippen molar-refractivity contribution in [1.82, 2.24) is 5.32 Å². The van der Waals surface area contributed by atoms with Crippen molar-refractivity contribution in [1.29, 1.82) is 0 Å². The second-order valence-electron chi connectivity index (χ2n) is 4.22. The molecule has 0 saturated carbocycles. The summed E-state index contributed by atoms with van der Waals surface area (Å²) in [4.78, 5) is 0. The zero-order chi connectivity index (χ0) is 10.5. The highest BCUT2D eigenvalue weighted by Gasteiger charge is 2.24. The van der Waals surface area contributed by atoms with Crippen LogP contribution >= 0.6 is 0 Å². The van der Waals surface area contributed by atoms with Gasteiger partial charge in [-0.05, 0) is 30.9 Å². The molecule has 1 aromatic carbocycles. The number of ether oxygens (including phenoxy) is 1. The van der Waals surface area contributed by atoms with Crippen LogP contribution in [0.2, 0.25) is 0 Å². The molecule has 0 amide bonds. The van der Waals surface area contributed by atoms with E-state index in [1.807, 2.05) is 7.11 Å². The second-order valence-corrected chi connectivity index (χ2v) is 4.22. The summed E-state index contributed by atoms with van der Waals surface area (Å²) >= 11 is 0. The highest BCUT2D eigenvalue weighted by atomic mass is 16.5. The van der Waals surface area contributed by atoms with Crippen molar-refractivity contribution in [2.24, 2.45) is 5.92 Å². The SMILES string of the molecule is COC1CNCCC1Cc1ccccc1. The van der Waals surface area contributed by atoms with E-state index in [-0.39, 0.29) is 0 Å². The minimum Gasteiger partial charge on any atom is -0.380 e. The highest BCUT2D eigenvalue weighted by Crippen LogP contribution is 2.20. The number of methoxy groups -OCH3 is 1. The van der Waals surface area contributed by atoms with Crippen molar-refractivity contribution < 1.29 is 4.74 Å². The Morgan fingerprint density at radius 2 is 2.13 bits per heavy atom. The Morgan fingerprint density at radius 1 is 1.33 bits per heavy atom. The van der Waals surface area contributed by atoms with E-state index in [2.05, 4.69) is 35.6 Å². The Morgan fingerprint density at radius 3 is 2.87 bits per heavy atom. The Hall–Kier alpha value is -0.860. The normalized spacial score (nSPS) is 26.5. The van der Waals surface area contributed by atoms with Gasteiger partial charge in [-0.15, -0.1) is 0 Å². The van der Waals surface area contributed by atoms with Crippen LogP contribution in [-0.2, 0) is 11.2 Å². The summed E-state index contributed by atoms with van der Waals surface area (Å²) in [7, 11) is 1.82. The summed E-state index contributed by atoms with van der Waals surface area (Å²) in [5, 5.41) is 3.38. The molecule has 15 heavy (non-hydrogen) atoms. The molecule has 2 heteroatoms. The number of rotatable bonds is 3. The molecular weight excluding hydrogens is 186 g/mol. The first-order chi connectivity index (χ1) is 7.40. The average molecular weight is 205 g/mol. The van der Waals surface area contributed by atoms with Gasteiger partial charge in [0.15, 0.2) is 0 Å². The topological polar surface area (TPSA) is 21.3 Å². The molecule has 1 aliphatic rings. The molecule has 0 spiro atoms. The Balaban J connectivity index is 1.97. The molecular formula is C13H19NO. The first-order valence-electron chi connectivity index (χ1n) is 5.67. The van der Waals surface area contributed by atoms with E-state index in [1.165, 1.54) is 12.0 Å². The average Bonchev–Trinajstić information content (AvgIpc) is 2.31. The third-order valence-electron chi connectivity index (χ3n) is 3.21. The van der Waals surface area contributed by atoms with Gasteiger partial charge in [-0.2, -0.15) is 0 Å². The van der Waals surface area contributed by atoms with Crippen LogP contribution in [0.4, 0.5) is 0 Å². The van der Waals surface area contributed by atoms with Gasteiger partial charge in [0.2, 0.25) is 0 Å². The third-order valence-corrected chi connectivity index (χ3v) is 3.21. The fourth-order valence-corrected chi connectivity index (χ4v) is 2.31. The number of hydrogen-bond acceptors (Lipinski definition) is 2. The van der Waals surface area contributed by atoms with E-state index in [1.54, 1.807) is 0 Å². The number of hydrogen-bond donors (Lipinski definition) is 1. The van der Waals surface area contributed by atoms with Crippen molar-refractivity contribution in [3.8, 4) is 0 Å². The molecule has 1 aliphatic heterocycles. The first kappa shape index (κ1) is 10.7. The lowest BCUT2D eigenvalue weighted by Gasteiger charge is -2.31. The maximum atomic E-state index is 5.51. The summed E-state index contributed by atoms with van der Waals surface area (Å²) in [5.41, 5.74) is 1.42. The van der Waals surface area contributed by atoms with Crippen LogP contribution in [0.3, 0.4) is 0 Å². The molecule has 2 nitrogen and oxygen atoms in total. The molecule has 2 rings (SSSR count). The maximum Gasteiger partial charge on any atom is 0.0727 e. The fourth-order valence-electron chi connectivity index (χ4n) is 2.31. The lowest BCUT2D eigenvalue weighted by atomic mass is 9.88. The van der Waals surface area contributed by atoms with E-state index in [0.717, 1.165) is 19.5 Å². The van der Waals surface area contributed by atoms with Gasteiger partial charge in [0.1, 0.15) is 0 Å². The quantitative estimate of drug-likeness (QED) is 0.813. The van der Waals surface area contributed by atoms with Crippen molar-refractivity contribution >= 4 is 0 Å². The molecule has 0 radical (unpaired) electrons. The summed E-state index contributed by atoms with van der Waals surface area (Å²) < 4.78 is 5.51. The van der Waals surface area contributed by atoms with Crippen LogP contribution in [-0.4, -0.2) is 26.3 Å². The summed E-state index contributed by atoms with van der Waals surface area (Å²) in [6.07, 6.45) is 2.73. The van der Waals surface area contributed by atoms with Crippen LogP contribution < -0.4 is 5.32 Å². The molecule has 0 aliphatic carbocycles. The molecule has 1 heterocycles. The zero-order valence-corrected chi connectivity index (χ0v) is 9.28. The van der Waals surface area contributed by atoms with Gasteiger partial charge >= 0.3 is 0 Å². The molecule has 2 atom stereocenters. The van der Waals surface area contributed by atoms with Gasteiger partial charge in [-0.25, -0.2) is 0 Å². The number of benzene rings is 1. The second kappa shape index (κ2) is 5.29. The molecule has 2 unspecified atom stereocenters. The van der Waals surface area contributed by atoms with Gasteiger partial charge < -0.3 is 10.1 Å². The van der Waals surface area contributed by atoms with Gasteiger partial charge in [0.25, 0.3) is 0 Å². The molecule has 0 aromatic heterocycles. The van der Waals surface area contributed by atoms with Gasteiger partial charge in [0.05, 0.1) is 6.10 Å². The Bertz CT molecular complexity index is 286. The van der Waals surface area contributed by atoms with E-state index in [0.29, 0.717) is 12.0 Å². The fraction of sp³-hybridized carbons (Fsp3) is 0.538. The minimum absolute atomic E-state index is 0.374. The standard InChI is InChI=1S/C13H19NO/c1-15-13-10-14-8-7-12(13)9-11-5-3-2-4-6-11/h2-6,12-14H,7-10H2,1H3. The lowest BCUT2D eigenvalue weighted by molar-refractivity contribution is 0.0341. The molecule has 1 N–H and O–H groups in total. The zero-order valence-electron chi connectivity index (χ0n) is 9.28. The minimum atomic E-state index is 0.374. The number of piperidine rings is 1. The third kappa shape index (κ3) is 2.80. The van der Waals surface area contributed by atoms with Crippen molar-refractivity contribution in [3.63, 3.8) is 0 Å². The van der Waals surface area contributed by atoms with Crippen molar-refractivity contribution in [3.05, 3.63) is 35.9 Å². The van der Waals surface area contributed by atoms with E-state index < -0.39 is 0 Å². The van der Waals surface area contributed by atoms with E-state index in [9.17, 15) is 0 Å². The molecule has 1 aromatic rings. The number of nitrogens with one attached hydrogen (secondary N) is 1.